The minimum Gasteiger partial charge on any atom is -0.466 e. The van der Waals surface area contributed by atoms with Crippen molar-refractivity contribution in [2.24, 2.45) is 0 Å². The van der Waals surface area contributed by atoms with Gasteiger partial charge in [-0.2, -0.15) is 0 Å². The number of hydrogen-bond donors (Lipinski definition) is 0. The topological polar surface area (TPSA) is 52.6 Å². The van der Waals surface area contributed by atoms with Crippen LogP contribution in [-0.2, 0) is 19.1 Å². The highest BCUT2D eigenvalue weighted by Gasteiger charge is 2.05. The number of rotatable bonds is 0. The predicted octanol–water partition coefficient (Wildman–Crippen LogP) is 5.72. The molecule has 0 spiro atoms. The Morgan fingerprint density at radius 3 is 1.00 bits per heavy atom. The van der Waals surface area contributed by atoms with Gasteiger partial charge in [0.25, 0.3) is 0 Å². The minimum atomic E-state index is -0.121. The molecule has 1 heterocycles. The lowest BCUT2D eigenvalue weighted by atomic mass is 10.0. The first-order chi connectivity index (χ1) is 12.3. The van der Waals surface area contributed by atoms with Gasteiger partial charge >= 0.3 is 11.9 Å². The van der Waals surface area contributed by atoms with Gasteiger partial charge in [-0.3, -0.25) is 9.59 Å². The summed E-state index contributed by atoms with van der Waals surface area (Å²) in [6.45, 7) is 0.707. The first-order valence-corrected chi connectivity index (χ1v) is 10.6. The Kier molecular flexibility index (Phi) is 14.4. The summed E-state index contributed by atoms with van der Waals surface area (Å²) in [4.78, 5) is 23.2. The molecule has 0 radical (unpaired) electrons. The second-order valence-corrected chi connectivity index (χ2v) is 7.24. The van der Waals surface area contributed by atoms with E-state index in [1.807, 2.05) is 0 Å². The predicted molar refractivity (Wildman–Crippen MR) is 100 cm³/mol. The van der Waals surface area contributed by atoms with Gasteiger partial charge in [-0.15, -0.1) is 0 Å². The summed E-state index contributed by atoms with van der Waals surface area (Å²) >= 11 is 0. The Hall–Kier alpha value is -1.06. The van der Waals surface area contributed by atoms with Crippen LogP contribution < -0.4 is 0 Å². The van der Waals surface area contributed by atoms with Crippen LogP contribution in [0.2, 0.25) is 0 Å². The maximum atomic E-state index is 11.6. The van der Waals surface area contributed by atoms with Crippen molar-refractivity contribution >= 4 is 11.9 Å². The highest BCUT2D eigenvalue weighted by Crippen LogP contribution is 2.14. The van der Waals surface area contributed by atoms with E-state index in [1.165, 1.54) is 64.2 Å². The number of carbonyl (C=O) groups excluding carboxylic acids is 2. The third kappa shape index (κ3) is 14.9. The van der Waals surface area contributed by atoms with Crippen LogP contribution in [-0.4, -0.2) is 25.2 Å². The van der Waals surface area contributed by atoms with Crippen LogP contribution >= 0.6 is 0 Å². The number of cyclic esters (lactones) is 2. The van der Waals surface area contributed by atoms with Crippen molar-refractivity contribution in [1.82, 2.24) is 0 Å². The number of ether oxygens (including phenoxy) is 2. The van der Waals surface area contributed by atoms with Crippen molar-refractivity contribution in [3.05, 3.63) is 0 Å². The van der Waals surface area contributed by atoms with Crippen molar-refractivity contribution < 1.29 is 19.1 Å². The van der Waals surface area contributed by atoms with Gasteiger partial charge in [0.05, 0.1) is 13.2 Å². The Morgan fingerprint density at radius 1 is 0.400 bits per heavy atom. The van der Waals surface area contributed by atoms with Crippen molar-refractivity contribution in [3.63, 3.8) is 0 Å². The Bertz CT molecular complexity index is 309. The standard InChI is InChI=1S/C21H38O4/c22-20-16-13-11-9-7-5-3-1-2-4-6-8-10-12-14-17-21(23)25-19-15-18-24-20/h1-19H2. The molecule has 1 saturated heterocycles. The van der Waals surface area contributed by atoms with E-state index in [0.717, 1.165) is 25.7 Å². The van der Waals surface area contributed by atoms with Gasteiger partial charge < -0.3 is 9.47 Å². The smallest absolute Gasteiger partial charge is 0.305 e. The van der Waals surface area contributed by atoms with Crippen molar-refractivity contribution in [3.8, 4) is 0 Å². The Balaban J connectivity index is 2.16. The van der Waals surface area contributed by atoms with E-state index in [0.29, 0.717) is 32.5 Å². The quantitative estimate of drug-likeness (QED) is 0.522. The second kappa shape index (κ2) is 16.4. The van der Waals surface area contributed by atoms with Gasteiger partial charge in [-0.25, -0.2) is 0 Å². The van der Waals surface area contributed by atoms with Gasteiger partial charge in [0.15, 0.2) is 0 Å². The molecule has 1 aliphatic rings. The summed E-state index contributed by atoms with van der Waals surface area (Å²) in [5, 5.41) is 0. The first-order valence-electron chi connectivity index (χ1n) is 10.6. The second-order valence-electron chi connectivity index (χ2n) is 7.24. The number of esters is 2. The van der Waals surface area contributed by atoms with Crippen molar-refractivity contribution in [2.45, 2.75) is 109 Å². The summed E-state index contributed by atoms with van der Waals surface area (Å²) in [5.41, 5.74) is 0. The largest absolute Gasteiger partial charge is 0.466 e. The molecule has 146 valence electrons. The summed E-state index contributed by atoms with van der Waals surface area (Å²) < 4.78 is 10.3. The van der Waals surface area contributed by atoms with Crippen LogP contribution in [0.1, 0.15) is 109 Å². The zero-order chi connectivity index (χ0) is 18.0. The molecule has 0 saturated carbocycles. The lowest BCUT2D eigenvalue weighted by Gasteiger charge is -2.06. The molecule has 0 aromatic heterocycles. The average molecular weight is 355 g/mol. The summed E-state index contributed by atoms with van der Waals surface area (Å²) in [5.74, 6) is -0.241. The molecule has 0 N–H and O–H groups in total. The van der Waals surface area contributed by atoms with Crippen LogP contribution in [0.15, 0.2) is 0 Å². The van der Waals surface area contributed by atoms with Gasteiger partial charge in [-0.1, -0.05) is 77.0 Å². The normalized spacial score (nSPS) is 22.6. The van der Waals surface area contributed by atoms with E-state index in [1.54, 1.807) is 0 Å². The van der Waals surface area contributed by atoms with E-state index < -0.39 is 0 Å². The third-order valence-corrected chi connectivity index (χ3v) is 4.83. The highest BCUT2D eigenvalue weighted by molar-refractivity contribution is 5.69. The zero-order valence-corrected chi connectivity index (χ0v) is 16.1. The first kappa shape index (κ1) is 22.0. The third-order valence-electron chi connectivity index (χ3n) is 4.83. The molecule has 0 aliphatic carbocycles. The molecular formula is C21H38O4. The molecule has 0 amide bonds. The van der Waals surface area contributed by atoms with Gasteiger partial charge in [0.2, 0.25) is 0 Å². The molecule has 0 aromatic rings. The molecule has 25 heavy (non-hydrogen) atoms. The molecule has 0 unspecified atom stereocenters. The van der Waals surface area contributed by atoms with E-state index in [-0.39, 0.29) is 11.9 Å². The summed E-state index contributed by atoms with van der Waals surface area (Å²) in [6.07, 6.45) is 18.8. The van der Waals surface area contributed by atoms with Crippen molar-refractivity contribution in [2.75, 3.05) is 13.2 Å². The molecular weight excluding hydrogens is 316 g/mol. The lowest BCUT2D eigenvalue weighted by molar-refractivity contribution is -0.146. The molecule has 1 rings (SSSR count). The molecule has 1 fully saturated rings. The van der Waals surface area contributed by atoms with E-state index in [2.05, 4.69) is 0 Å². The van der Waals surface area contributed by atoms with Crippen molar-refractivity contribution in [1.29, 1.82) is 0 Å². The molecule has 0 atom stereocenters. The fourth-order valence-electron chi connectivity index (χ4n) is 3.24. The van der Waals surface area contributed by atoms with Gasteiger partial charge in [-0.05, 0) is 12.8 Å². The minimum absolute atomic E-state index is 0.121. The fraction of sp³-hybridized carbons (Fsp3) is 0.905. The Labute approximate surface area is 154 Å². The molecule has 1 aliphatic heterocycles. The van der Waals surface area contributed by atoms with E-state index >= 15 is 0 Å². The molecule has 4 heteroatoms. The SMILES string of the molecule is O=C1CCCCCCCCCCCCCCCCC(=O)OCCCO1. The molecule has 0 aromatic carbocycles. The Morgan fingerprint density at radius 2 is 0.680 bits per heavy atom. The zero-order valence-electron chi connectivity index (χ0n) is 16.1. The summed E-state index contributed by atoms with van der Waals surface area (Å²) in [7, 11) is 0. The average Bonchev–Trinajstić information content (AvgIpc) is 2.60. The maximum Gasteiger partial charge on any atom is 0.305 e. The van der Waals surface area contributed by atoms with E-state index in [9.17, 15) is 9.59 Å². The van der Waals surface area contributed by atoms with Gasteiger partial charge in [0.1, 0.15) is 0 Å². The lowest BCUT2D eigenvalue weighted by Crippen LogP contribution is -2.10. The van der Waals surface area contributed by atoms with Crippen LogP contribution in [0.25, 0.3) is 0 Å². The van der Waals surface area contributed by atoms with Gasteiger partial charge in [0, 0.05) is 19.3 Å². The molecule has 4 nitrogen and oxygen atoms in total. The maximum absolute atomic E-state index is 11.6. The summed E-state index contributed by atoms with van der Waals surface area (Å²) in [6, 6.07) is 0. The van der Waals surface area contributed by atoms with Crippen LogP contribution in [0.3, 0.4) is 0 Å². The molecule has 0 bridgehead atoms. The van der Waals surface area contributed by atoms with Crippen LogP contribution in [0.4, 0.5) is 0 Å². The van der Waals surface area contributed by atoms with Crippen LogP contribution in [0, 0.1) is 0 Å². The fourth-order valence-corrected chi connectivity index (χ4v) is 3.24. The van der Waals surface area contributed by atoms with Crippen LogP contribution in [0.5, 0.6) is 0 Å². The monoisotopic (exact) mass is 354 g/mol. The number of carbonyl (C=O) groups is 2. The van der Waals surface area contributed by atoms with E-state index in [4.69, 9.17) is 9.47 Å². The highest BCUT2D eigenvalue weighted by atomic mass is 16.5. The number of hydrogen-bond acceptors (Lipinski definition) is 4.